The Labute approximate surface area is 199 Å². The maximum atomic E-state index is 13.2. The number of nitrogens with zero attached hydrogens (tertiary/aromatic N) is 1. The van der Waals surface area contributed by atoms with Crippen LogP contribution in [0.5, 0.6) is 5.75 Å². The monoisotopic (exact) mass is 481 g/mol. The van der Waals surface area contributed by atoms with E-state index in [2.05, 4.69) is 10.6 Å². The van der Waals surface area contributed by atoms with E-state index in [-0.39, 0.29) is 28.7 Å². The molecule has 3 aromatic carbocycles. The summed E-state index contributed by atoms with van der Waals surface area (Å²) < 4.78 is 27.6. The second kappa shape index (κ2) is 11.3. The molecule has 3 aromatic rings. The van der Waals surface area contributed by atoms with Gasteiger partial charge in [0.05, 0.1) is 10.6 Å². The lowest BCUT2D eigenvalue weighted by atomic mass is 10.2. The van der Waals surface area contributed by atoms with Crippen molar-refractivity contribution in [1.82, 2.24) is 10.6 Å². The van der Waals surface area contributed by atoms with E-state index >= 15 is 0 Å². The van der Waals surface area contributed by atoms with Crippen molar-refractivity contribution in [3.63, 3.8) is 0 Å². The average Bonchev–Trinajstić information content (AvgIpc) is 2.84. The summed E-state index contributed by atoms with van der Waals surface area (Å²) in [4.78, 5) is 24.6. The Hall–Kier alpha value is -3.85. The van der Waals surface area contributed by atoms with E-state index in [0.717, 1.165) is 0 Å². The van der Waals surface area contributed by atoms with Gasteiger partial charge in [0.25, 0.3) is 21.8 Å². The highest BCUT2D eigenvalue weighted by atomic mass is 32.2. The highest BCUT2D eigenvalue weighted by Gasteiger charge is 2.24. The van der Waals surface area contributed by atoms with Crippen molar-refractivity contribution in [2.24, 2.45) is 0 Å². The minimum absolute atomic E-state index is 0.00924. The van der Waals surface area contributed by atoms with Gasteiger partial charge in [0.15, 0.2) is 0 Å². The van der Waals surface area contributed by atoms with Gasteiger partial charge >= 0.3 is 0 Å². The van der Waals surface area contributed by atoms with E-state index in [1.165, 1.54) is 34.6 Å². The summed E-state index contributed by atoms with van der Waals surface area (Å²) >= 11 is 0. The van der Waals surface area contributed by atoms with Crippen molar-refractivity contribution in [3.8, 4) is 5.75 Å². The molecule has 0 spiro atoms. The quantitative estimate of drug-likeness (QED) is 0.385. The molecule has 0 aromatic heterocycles. The molecule has 0 fully saturated rings. The second-order valence-corrected chi connectivity index (χ2v) is 9.31. The number of phenols is 1. The zero-order chi connectivity index (χ0) is 24.6. The lowest BCUT2D eigenvalue weighted by Gasteiger charge is -2.23. The molecule has 34 heavy (non-hydrogen) atoms. The molecule has 2 amide bonds. The van der Waals surface area contributed by atoms with Gasteiger partial charge in [-0.25, -0.2) is 8.42 Å². The Balaban J connectivity index is 1.56. The van der Waals surface area contributed by atoms with Gasteiger partial charge in [-0.1, -0.05) is 30.3 Å². The van der Waals surface area contributed by atoms with Gasteiger partial charge in [-0.2, -0.15) is 0 Å². The van der Waals surface area contributed by atoms with Crippen LogP contribution in [0.2, 0.25) is 0 Å². The summed E-state index contributed by atoms with van der Waals surface area (Å²) in [5.41, 5.74) is 1.13. The van der Waals surface area contributed by atoms with Crippen molar-refractivity contribution >= 4 is 27.5 Å². The van der Waals surface area contributed by atoms with E-state index in [4.69, 9.17) is 0 Å². The van der Waals surface area contributed by atoms with Gasteiger partial charge in [-0.3, -0.25) is 13.9 Å². The van der Waals surface area contributed by atoms with Crippen LogP contribution in [0.1, 0.15) is 34.1 Å². The Bertz CT molecular complexity index is 1250. The number of rotatable bonds is 10. The number of carbonyl (C=O) groups excluding carboxylic acids is 2. The molecule has 3 rings (SSSR count). The van der Waals surface area contributed by atoms with Crippen molar-refractivity contribution in [2.75, 3.05) is 23.9 Å². The molecular weight excluding hydrogens is 454 g/mol. The first kappa shape index (κ1) is 24.8. The lowest BCUT2D eigenvalue weighted by Crippen LogP contribution is -2.31. The van der Waals surface area contributed by atoms with Gasteiger partial charge in [0.1, 0.15) is 5.75 Å². The van der Waals surface area contributed by atoms with E-state index in [9.17, 15) is 23.1 Å². The fraction of sp³-hybridized carbons (Fsp3) is 0.200. The largest absolute Gasteiger partial charge is 0.508 e. The molecule has 0 aliphatic rings. The maximum Gasteiger partial charge on any atom is 0.264 e. The second-order valence-electron chi connectivity index (χ2n) is 7.45. The van der Waals surface area contributed by atoms with Crippen LogP contribution in [-0.4, -0.2) is 45.0 Å². The first-order chi connectivity index (χ1) is 16.3. The minimum Gasteiger partial charge on any atom is -0.508 e. The van der Waals surface area contributed by atoms with E-state index < -0.39 is 15.9 Å². The molecule has 0 atom stereocenters. The SMILES string of the molecule is CCN(c1ccccc1)S(=O)(=O)c1cccc(C(=O)NCCCNC(=O)c2cccc(O)c2)c1. The van der Waals surface area contributed by atoms with Crippen LogP contribution in [-0.2, 0) is 10.0 Å². The van der Waals surface area contributed by atoms with E-state index in [0.29, 0.717) is 30.8 Å². The van der Waals surface area contributed by atoms with Crippen LogP contribution in [0.15, 0.2) is 83.8 Å². The number of nitrogens with one attached hydrogen (secondary N) is 2. The molecule has 0 unspecified atom stereocenters. The number of amides is 2. The van der Waals surface area contributed by atoms with Crippen LogP contribution in [0.4, 0.5) is 5.69 Å². The molecule has 0 aliphatic heterocycles. The van der Waals surface area contributed by atoms with Crippen LogP contribution >= 0.6 is 0 Å². The third-order valence-corrected chi connectivity index (χ3v) is 6.95. The molecule has 9 heteroatoms. The number of carbonyl (C=O) groups is 2. The number of sulfonamides is 1. The van der Waals surface area contributed by atoms with Crippen molar-refractivity contribution < 1.29 is 23.1 Å². The first-order valence-electron chi connectivity index (χ1n) is 10.9. The number of hydrogen-bond acceptors (Lipinski definition) is 5. The molecule has 8 nitrogen and oxygen atoms in total. The van der Waals surface area contributed by atoms with E-state index in [1.807, 2.05) is 6.07 Å². The Morgan fingerprint density at radius 1 is 0.824 bits per heavy atom. The molecular formula is C25H27N3O5S. The van der Waals surface area contributed by atoms with Crippen molar-refractivity contribution in [2.45, 2.75) is 18.2 Å². The summed E-state index contributed by atoms with van der Waals surface area (Å²) in [5.74, 6) is -0.715. The predicted octanol–water partition coefficient (Wildman–Crippen LogP) is 3.16. The predicted molar refractivity (Wildman–Crippen MR) is 130 cm³/mol. The fourth-order valence-corrected chi connectivity index (χ4v) is 4.87. The Kier molecular flexibility index (Phi) is 8.26. The highest BCUT2D eigenvalue weighted by Crippen LogP contribution is 2.23. The van der Waals surface area contributed by atoms with Gasteiger partial charge in [0.2, 0.25) is 0 Å². The number of para-hydroxylation sites is 1. The van der Waals surface area contributed by atoms with Crippen LogP contribution < -0.4 is 14.9 Å². The fourth-order valence-electron chi connectivity index (χ4n) is 3.35. The Morgan fingerprint density at radius 3 is 2.00 bits per heavy atom. The molecule has 0 radical (unpaired) electrons. The number of hydrogen-bond donors (Lipinski definition) is 3. The summed E-state index contributed by atoms with van der Waals surface area (Å²) in [5, 5.41) is 14.9. The summed E-state index contributed by atoms with van der Waals surface area (Å²) in [6, 6.07) is 20.7. The third-order valence-electron chi connectivity index (χ3n) is 5.05. The molecule has 0 aliphatic carbocycles. The van der Waals surface area contributed by atoms with Crippen molar-refractivity contribution in [3.05, 3.63) is 90.0 Å². The summed E-state index contributed by atoms with van der Waals surface area (Å²) in [6.45, 7) is 2.62. The molecule has 0 bridgehead atoms. The molecule has 0 heterocycles. The smallest absolute Gasteiger partial charge is 0.264 e. The van der Waals surface area contributed by atoms with Crippen molar-refractivity contribution in [1.29, 1.82) is 0 Å². The normalized spacial score (nSPS) is 11.0. The number of phenolic OH excluding ortho intramolecular Hbond substituents is 1. The first-order valence-corrected chi connectivity index (χ1v) is 12.3. The third kappa shape index (κ3) is 6.14. The maximum absolute atomic E-state index is 13.2. The average molecular weight is 482 g/mol. The van der Waals surface area contributed by atoms with Crippen LogP contribution in [0.25, 0.3) is 0 Å². The molecule has 0 saturated heterocycles. The molecule has 0 saturated carbocycles. The minimum atomic E-state index is -3.84. The highest BCUT2D eigenvalue weighted by molar-refractivity contribution is 7.92. The van der Waals surface area contributed by atoms with Crippen LogP contribution in [0, 0.1) is 0 Å². The van der Waals surface area contributed by atoms with E-state index in [1.54, 1.807) is 49.4 Å². The standard InChI is InChI=1S/C25H27N3O5S/c1-2-28(21-11-4-3-5-12-21)34(32,33)23-14-7-10-20(18-23)25(31)27-16-8-15-26-24(30)19-9-6-13-22(29)17-19/h3-7,9-14,17-18,29H,2,8,15-16H2,1H3,(H,26,30)(H,27,31). The zero-order valence-corrected chi connectivity index (χ0v) is 19.6. The lowest BCUT2D eigenvalue weighted by molar-refractivity contribution is 0.0951. The van der Waals surface area contributed by atoms with Gasteiger partial charge < -0.3 is 15.7 Å². The van der Waals surface area contributed by atoms with Crippen LogP contribution in [0.3, 0.4) is 0 Å². The number of aromatic hydroxyl groups is 1. The zero-order valence-electron chi connectivity index (χ0n) is 18.8. The molecule has 3 N–H and O–H groups in total. The molecule has 178 valence electrons. The van der Waals surface area contributed by atoms with Gasteiger partial charge in [-0.15, -0.1) is 0 Å². The summed E-state index contributed by atoms with van der Waals surface area (Å²) in [6.07, 6.45) is 0.478. The Morgan fingerprint density at radius 2 is 1.41 bits per heavy atom. The number of benzene rings is 3. The van der Waals surface area contributed by atoms with Gasteiger partial charge in [-0.05, 0) is 61.9 Å². The number of anilines is 1. The van der Waals surface area contributed by atoms with Gasteiger partial charge in [0, 0.05) is 30.8 Å². The summed E-state index contributed by atoms with van der Waals surface area (Å²) in [7, 11) is -3.84. The topological polar surface area (TPSA) is 116 Å².